The Balaban J connectivity index is 1.53. The summed E-state index contributed by atoms with van der Waals surface area (Å²) < 4.78 is 21.3. The maximum absolute atomic E-state index is 13.8. The first-order valence-corrected chi connectivity index (χ1v) is 10.5. The molecule has 7 nitrogen and oxygen atoms in total. The van der Waals surface area contributed by atoms with E-state index in [9.17, 15) is 9.18 Å². The van der Waals surface area contributed by atoms with Crippen molar-refractivity contribution in [1.29, 1.82) is 0 Å². The summed E-state index contributed by atoms with van der Waals surface area (Å²) in [6.45, 7) is 3.13. The van der Waals surface area contributed by atoms with Crippen LogP contribution in [0.15, 0.2) is 36.7 Å². The Kier molecular flexibility index (Phi) is 5.79. The average Bonchev–Trinajstić information content (AvgIpc) is 3.27. The fourth-order valence-corrected chi connectivity index (χ4v) is 4.56. The standard InChI is InChI=1S/C21H18ClFN4O3S/c1-11-19(22)18-14(4-3-5-15(18)30-2)27(11)7-6-24-17-9-13(25-10-26-17)16-8-12(23)20(31-16)21(28)29/h3-5,8-10H,6-7H2,1-2H3,(H,28,29)(H,24,25,26). The summed E-state index contributed by atoms with van der Waals surface area (Å²) >= 11 is 7.38. The molecule has 10 heteroatoms. The van der Waals surface area contributed by atoms with Crippen molar-refractivity contribution in [1.82, 2.24) is 14.5 Å². The number of hydrogen-bond acceptors (Lipinski definition) is 6. The van der Waals surface area contributed by atoms with E-state index in [1.54, 1.807) is 13.2 Å². The largest absolute Gasteiger partial charge is 0.496 e. The SMILES string of the molecule is COc1cccc2c1c(Cl)c(C)n2CCNc1cc(-c2cc(F)c(C(=O)O)s2)ncn1. The van der Waals surface area contributed by atoms with Crippen molar-refractivity contribution in [3.8, 4) is 16.3 Å². The molecule has 160 valence electrons. The number of aromatic carboxylic acids is 1. The Morgan fingerprint density at radius 2 is 2.16 bits per heavy atom. The van der Waals surface area contributed by atoms with E-state index < -0.39 is 11.8 Å². The fraction of sp³-hybridized carbons (Fsp3) is 0.190. The molecule has 0 saturated carbocycles. The first kappa shape index (κ1) is 21.1. The molecule has 1 aromatic carbocycles. The van der Waals surface area contributed by atoms with Crippen LogP contribution in [0.4, 0.5) is 10.2 Å². The van der Waals surface area contributed by atoms with Gasteiger partial charge < -0.3 is 19.7 Å². The van der Waals surface area contributed by atoms with Crippen LogP contribution in [0.25, 0.3) is 21.5 Å². The smallest absolute Gasteiger partial charge is 0.348 e. The van der Waals surface area contributed by atoms with Gasteiger partial charge in [0.1, 0.15) is 28.6 Å². The number of benzene rings is 1. The molecule has 0 saturated heterocycles. The highest BCUT2D eigenvalue weighted by atomic mass is 35.5. The van der Waals surface area contributed by atoms with Gasteiger partial charge in [0.2, 0.25) is 0 Å². The van der Waals surface area contributed by atoms with E-state index in [2.05, 4.69) is 19.9 Å². The number of aromatic nitrogens is 3. The maximum Gasteiger partial charge on any atom is 0.348 e. The second-order valence-corrected chi connectivity index (χ2v) is 8.14. The molecule has 0 radical (unpaired) electrons. The maximum atomic E-state index is 13.8. The van der Waals surface area contributed by atoms with Crippen molar-refractivity contribution >= 4 is 45.6 Å². The molecule has 4 aromatic rings. The van der Waals surface area contributed by atoms with Gasteiger partial charge in [-0.2, -0.15) is 0 Å². The van der Waals surface area contributed by atoms with Gasteiger partial charge >= 0.3 is 5.97 Å². The van der Waals surface area contributed by atoms with Crippen molar-refractivity contribution in [3.63, 3.8) is 0 Å². The number of nitrogens with zero attached hydrogens (tertiary/aromatic N) is 3. The van der Waals surface area contributed by atoms with Gasteiger partial charge in [-0.3, -0.25) is 0 Å². The topological polar surface area (TPSA) is 89.3 Å². The summed E-state index contributed by atoms with van der Waals surface area (Å²) in [4.78, 5) is 19.5. The molecular formula is C21H18ClFN4O3S. The minimum Gasteiger partial charge on any atom is -0.496 e. The van der Waals surface area contributed by atoms with Crippen LogP contribution >= 0.6 is 22.9 Å². The molecule has 0 spiro atoms. The number of methoxy groups -OCH3 is 1. The second kappa shape index (κ2) is 8.52. The van der Waals surface area contributed by atoms with Crippen LogP contribution in [0.3, 0.4) is 0 Å². The Morgan fingerprint density at radius 3 is 2.87 bits per heavy atom. The number of fused-ring (bicyclic) bond motifs is 1. The summed E-state index contributed by atoms with van der Waals surface area (Å²) in [5, 5.41) is 13.8. The minimum atomic E-state index is -1.30. The number of ether oxygens (including phenoxy) is 1. The highest BCUT2D eigenvalue weighted by Crippen LogP contribution is 2.36. The predicted octanol–water partition coefficient (Wildman–Crippen LogP) is 5.08. The van der Waals surface area contributed by atoms with Crippen molar-refractivity contribution in [3.05, 3.63) is 58.1 Å². The first-order valence-electron chi connectivity index (χ1n) is 9.31. The quantitative estimate of drug-likeness (QED) is 0.400. The van der Waals surface area contributed by atoms with E-state index in [1.165, 1.54) is 12.4 Å². The molecule has 0 aliphatic carbocycles. The summed E-state index contributed by atoms with van der Waals surface area (Å²) in [5.74, 6) is -0.802. The van der Waals surface area contributed by atoms with Crippen molar-refractivity contribution in [2.45, 2.75) is 13.5 Å². The third-order valence-corrected chi connectivity index (χ3v) is 6.48. The van der Waals surface area contributed by atoms with Crippen LogP contribution in [0.2, 0.25) is 5.02 Å². The van der Waals surface area contributed by atoms with Crippen molar-refractivity contribution in [2.75, 3.05) is 19.0 Å². The van der Waals surface area contributed by atoms with Crippen LogP contribution in [0.5, 0.6) is 5.75 Å². The lowest BCUT2D eigenvalue weighted by Gasteiger charge is -2.11. The first-order chi connectivity index (χ1) is 14.9. The molecule has 3 heterocycles. The number of hydrogen-bond donors (Lipinski definition) is 2. The molecule has 2 N–H and O–H groups in total. The highest BCUT2D eigenvalue weighted by molar-refractivity contribution is 7.17. The number of halogens is 2. The third-order valence-electron chi connectivity index (χ3n) is 4.90. The van der Waals surface area contributed by atoms with Gasteiger partial charge in [0, 0.05) is 24.8 Å². The molecule has 31 heavy (non-hydrogen) atoms. The van der Waals surface area contributed by atoms with E-state index in [-0.39, 0.29) is 4.88 Å². The fourth-order valence-electron chi connectivity index (χ4n) is 3.43. The Bertz CT molecular complexity index is 1290. The second-order valence-electron chi connectivity index (χ2n) is 6.71. The van der Waals surface area contributed by atoms with E-state index in [4.69, 9.17) is 21.4 Å². The van der Waals surface area contributed by atoms with Crippen molar-refractivity contribution in [2.24, 2.45) is 0 Å². The summed E-state index contributed by atoms with van der Waals surface area (Å²) in [6, 6.07) is 8.62. The van der Waals surface area contributed by atoms with Crippen LogP contribution in [-0.4, -0.2) is 39.3 Å². The lowest BCUT2D eigenvalue weighted by molar-refractivity contribution is 0.0697. The average molecular weight is 461 g/mol. The molecule has 0 unspecified atom stereocenters. The highest BCUT2D eigenvalue weighted by Gasteiger charge is 2.18. The van der Waals surface area contributed by atoms with Gasteiger partial charge in [-0.15, -0.1) is 11.3 Å². The number of rotatable bonds is 7. The van der Waals surface area contributed by atoms with Crippen molar-refractivity contribution < 1.29 is 19.0 Å². The van der Waals surface area contributed by atoms with Gasteiger partial charge in [-0.25, -0.2) is 19.2 Å². The molecular weight excluding hydrogens is 443 g/mol. The monoisotopic (exact) mass is 460 g/mol. The van der Waals surface area contributed by atoms with E-state index >= 15 is 0 Å². The lowest BCUT2D eigenvalue weighted by atomic mass is 10.2. The molecule has 0 aliphatic heterocycles. The molecule has 0 fully saturated rings. The van der Waals surface area contributed by atoms with Gasteiger partial charge in [-0.05, 0) is 25.1 Å². The van der Waals surface area contributed by atoms with Crippen LogP contribution in [-0.2, 0) is 6.54 Å². The van der Waals surface area contributed by atoms with Crippen LogP contribution in [0, 0.1) is 12.7 Å². The van der Waals surface area contributed by atoms with Gasteiger partial charge in [0.05, 0.1) is 33.6 Å². The van der Waals surface area contributed by atoms with E-state index in [0.717, 1.165) is 33.7 Å². The van der Waals surface area contributed by atoms with Crippen LogP contribution < -0.4 is 10.1 Å². The summed E-state index contributed by atoms with van der Waals surface area (Å²) in [6.07, 6.45) is 1.35. The number of carboxylic acid groups (broad SMARTS) is 1. The Labute approximate surface area is 186 Å². The summed E-state index contributed by atoms with van der Waals surface area (Å²) in [7, 11) is 1.62. The van der Waals surface area contributed by atoms with Gasteiger partial charge in [-0.1, -0.05) is 17.7 Å². The molecule has 0 atom stereocenters. The molecule has 4 rings (SSSR count). The number of anilines is 1. The summed E-state index contributed by atoms with van der Waals surface area (Å²) in [5.41, 5.74) is 2.35. The number of carboxylic acids is 1. The van der Waals surface area contributed by atoms with Crippen LogP contribution in [0.1, 0.15) is 15.4 Å². The predicted molar refractivity (Wildman–Crippen MR) is 119 cm³/mol. The number of thiophene rings is 1. The van der Waals surface area contributed by atoms with E-state index in [0.29, 0.717) is 34.5 Å². The third kappa shape index (κ3) is 3.94. The van der Waals surface area contributed by atoms with Gasteiger partial charge in [0.15, 0.2) is 0 Å². The number of carbonyl (C=O) groups is 1. The zero-order chi connectivity index (χ0) is 22.1. The Hall–Kier alpha value is -3.17. The normalized spacial score (nSPS) is 11.1. The Morgan fingerprint density at radius 1 is 1.35 bits per heavy atom. The number of nitrogens with one attached hydrogen (secondary N) is 1. The molecule has 3 aromatic heterocycles. The minimum absolute atomic E-state index is 0.342. The molecule has 0 amide bonds. The van der Waals surface area contributed by atoms with E-state index in [1.807, 2.05) is 25.1 Å². The zero-order valence-corrected chi connectivity index (χ0v) is 18.2. The molecule has 0 aliphatic rings. The lowest BCUT2D eigenvalue weighted by Crippen LogP contribution is -2.12. The molecule has 0 bridgehead atoms. The van der Waals surface area contributed by atoms with Gasteiger partial charge in [0.25, 0.3) is 0 Å². The zero-order valence-electron chi connectivity index (χ0n) is 16.6.